The maximum atomic E-state index is 13.4. The Labute approximate surface area is 181 Å². The zero-order chi connectivity index (χ0) is 20.6. The summed E-state index contributed by atoms with van der Waals surface area (Å²) in [6, 6.07) is 14.5. The van der Waals surface area contributed by atoms with Crippen LogP contribution in [0, 0.1) is 12.7 Å². The van der Waals surface area contributed by atoms with Crippen molar-refractivity contribution >= 4 is 18.3 Å². The van der Waals surface area contributed by atoms with Crippen LogP contribution in [0.5, 0.6) is 0 Å². The number of nitrogens with zero attached hydrogens (tertiary/aromatic N) is 3. The molecule has 160 valence electrons. The summed E-state index contributed by atoms with van der Waals surface area (Å²) in [5, 5.41) is 3.95. The summed E-state index contributed by atoms with van der Waals surface area (Å²) in [6.07, 6.45) is 1.36. The van der Waals surface area contributed by atoms with Gasteiger partial charge in [-0.25, -0.2) is 4.39 Å². The molecule has 0 aliphatic rings. The van der Waals surface area contributed by atoms with Crippen LogP contribution in [0.4, 0.5) is 4.39 Å². The number of amides is 1. The van der Waals surface area contributed by atoms with Crippen molar-refractivity contribution in [1.29, 1.82) is 0 Å². The Morgan fingerprint density at radius 3 is 2.67 bits per heavy atom. The Morgan fingerprint density at radius 2 is 1.97 bits per heavy atom. The molecule has 0 fully saturated rings. The zero-order valence-electron chi connectivity index (χ0n) is 16.9. The second-order valence-corrected chi connectivity index (χ2v) is 6.92. The minimum atomic E-state index is -0.279. The predicted molar refractivity (Wildman–Crippen MR) is 116 cm³/mol. The smallest absolute Gasteiger partial charge is 0.227 e. The van der Waals surface area contributed by atoms with Crippen molar-refractivity contribution in [2.75, 3.05) is 13.1 Å². The van der Waals surface area contributed by atoms with Crippen LogP contribution in [-0.2, 0) is 17.8 Å². The number of halogens is 2. The number of benzene rings is 2. The van der Waals surface area contributed by atoms with Crippen LogP contribution in [-0.4, -0.2) is 34.0 Å². The maximum absolute atomic E-state index is 13.4. The Kier molecular flexibility index (Phi) is 8.95. The third-order valence-corrected chi connectivity index (χ3v) is 4.64. The average Bonchev–Trinajstić information content (AvgIpc) is 3.21. The summed E-state index contributed by atoms with van der Waals surface area (Å²) in [7, 11) is 0. The first-order chi connectivity index (χ1) is 14.1. The van der Waals surface area contributed by atoms with E-state index in [9.17, 15) is 9.18 Å². The zero-order valence-corrected chi connectivity index (χ0v) is 17.7. The van der Waals surface area contributed by atoms with Crippen LogP contribution in [0.25, 0.3) is 11.4 Å². The van der Waals surface area contributed by atoms with Crippen molar-refractivity contribution in [2.45, 2.75) is 32.7 Å². The molecule has 6 nitrogen and oxygen atoms in total. The molecule has 0 bridgehead atoms. The quantitative estimate of drug-likeness (QED) is 0.554. The monoisotopic (exact) mass is 432 g/mol. The number of aromatic nitrogens is 2. The van der Waals surface area contributed by atoms with E-state index >= 15 is 0 Å². The molecule has 1 amide bonds. The second-order valence-electron chi connectivity index (χ2n) is 6.92. The third-order valence-electron chi connectivity index (χ3n) is 4.64. The van der Waals surface area contributed by atoms with Gasteiger partial charge in [0, 0.05) is 31.5 Å². The fraction of sp³-hybridized carbons (Fsp3) is 0.318. The molecule has 0 spiro atoms. The number of aryl methyl sites for hydroxylation is 2. The Morgan fingerprint density at radius 1 is 1.20 bits per heavy atom. The highest BCUT2D eigenvalue weighted by Crippen LogP contribution is 2.19. The van der Waals surface area contributed by atoms with Gasteiger partial charge in [-0.3, -0.25) is 4.79 Å². The van der Waals surface area contributed by atoms with Crippen molar-refractivity contribution in [3.05, 3.63) is 71.4 Å². The molecule has 0 atom stereocenters. The molecule has 8 heteroatoms. The minimum absolute atomic E-state index is 0. The largest absolute Gasteiger partial charge is 0.339 e. The van der Waals surface area contributed by atoms with Crippen LogP contribution < -0.4 is 5.73 Å². The van der Waals surface area contributed by atoms with E-state index in [-0.39, 0.29) is 30.6 Å². The van der Waals surface area contributed by atoms with E-state index in [1.165, 1.54) is 6.07 Å². The fourth-order valence-corrected chi connectivity index (χ4v) is 3.01. The molecule has 0 aliphatic carbocycles. The highest BCUT2D eigenvalue weighted by Gasteiger charge is 2.16. The van der Waals surface area contributed by atoms with Gasteiger partial charge in [0.25, 0.3) is 0 Å². The van der Waals surface area contributed by atoms with Gasteiger partial charge in [0.15, 0.2) is 0 Å². The van der Waals surface area contributed by atoms with Gasteiger partial charge in [-0.1, -0.05) is 35.5 Å². The second kappa shape index (κ2) is 11.4. The van der Waals surface area contributed by atoms with Crippen molar-refractivity contribution in [3.63, 3.8) is 0 Å². The Hall–Kier alpha value is -2.77. The molecule has 0 saturated heterocycles. The SMILES string of the molecule is Cc1cc(-c2noc(CCC(=O)N(CCCN)Cc3ccccc3)n2)ccc1F.Cl. The summed E-state index contributed by atoms with van der Waals surface area (Å²) in [6.45, 7) is 3.36. The molecule has 3 rings (SSSR count). The molecule has 2 N–H and O–H groups in total. The summed E-state index contributed by atoms with van der Waals surface area (Å²) in [5.74, 6) is 0.507. The van der Waals surface area contributed by atoms with Gasteiger partial charge >= 0.3 is 0 Å². The molecule has 1 aromatic heterocycles. The molecule has 0 aliphatic heterocycles. The van der Waals surface area contributed by atoms with Crippen molar-refractivity contribution in [2.24, 2.45) is 5.73 Å². The molecule has 3 aromatic rings. The van der Waals surface area contributed by atoms with Gasteiger partial charge < -0.3 is 15.2 Å². The standard InChI is InChI=1S/C22H25FN4O2.ClH/c1-16-14-18(8-9-19(16)23)22-25-20(29-26-22)10-11-21(28)27(13-5-12-24)15-17-6-3-2-4-7-17;/h2-4,6-9,14H,5,10-13,15,24H2,1H3;1H. The number of carbonyl (C=O) groups is 1. The van der Waals surface area contributed by atoms with E-state index in [4.69, 9.17) is 10.3 Å². The lowest BCUT2D eigenvalue weighted by Crippen LogP contribution is -2.32. The van der Waals surface area contributed by atoms with E-state index in [1.54, 1.807) is 19.1 Å². The minimum Gasteiger partial charge on any atom is -0.339 e. The third kappa shape index (κ3) is 6.37. The summed E-state index contributed by atoms with van der Waals surface area (Å²) in [4.78, 5) is 18.9. The topological polar surface area (TPSA) is 85.2 Å². The highest BCUT2D eigenvalue weighted by molar-refractivity contribution is 5.85. The lowest BCUT2D eigenvalue weighted by atomic mass is 10.1. The molecule has 0 saturated carbocycles. The van der Waals surface area contributed by atoms with E-state index < -0.39 is 0 Å². The molecule has 2 aromatic carbocycles. The van der Waals surface area contributed by atoms with Crippen LogP contribution in [0.1, 0.15) is 29.9 Å². The van der Waals surface area contributed by atoms with E-state index in [0.29, 0.717) is 48.9 Å². The van der Waals surface area contributed by atoms with Crippen LogP contribution in [0.2, 0.25) is 0 Å². The number of rotatable bonds is 9. The van der Waals surface area contributed by atoms with E-state index in [1.807, 2.05) is 35.2 Å². The Bertz CT molecular complexity index is 949. The van der Waals surface area contributed by atoms with Gasteiger partial charge in [-0.15, -0.1) is 12.4 Å². The molecule has 0 radical (unpaired) electrons. The van der Waals surface area contributed by atoms with Crippen molar-refractivity contribution in [1.82, 2.24) is 15.0 Å². The van der Waals surface area contributed by atoms with Gasteiger partial charge in [0.2, 0.25) is 17.6 Å². The lowest BCUT2D eigenvalue weighted by Gasteiger charge is -2.22. The number of nitrogens with two attached hydrogens (primary N) is 1. The summed E-state index contributed by atoms with van der Waals surface area (Å²) < 4.78 is 18.7. The normalized spacial score (nSPS) is 10.5. The van der Waals surface area contributed by atoms with E-state index in [0.717, 1.165) is 12.0 Å². The highest BCUT2D eigenvalue weighted by atomic mass is 35.5. The van der Waals surface area contributed by atoms with Gasteiger partial charge in [0.05, 0.1) is 0 Å². The first-order valence-corrected chi connectivity index (χ1v) is 9.67. The molecular weight excluding hydrogens is 407 g/mol. The predicted octanol–water partition coefficient (Wildman–Crippen LogP) is 3.92. The Balaban J connectivity index is 0.00000320. The summed E-state index contributed by atoms with van der Waals surface area (Å²) in [5.41, 5.74) is 7.89. The number of hydrogen-bond donors (Lipinski definition) is 1. The molecule has 30 heavy (non-hydrogen) atoms. The molecule has 1 heterocycles. The van der Waals surface area contributed by atoms with Crippen LogP contribution in [0.3, 0.4) is 0 Å². The summed E-state index contributed by atoms with van der Waals surface area (Å²) >= 11 is 0. The van der Waals surface area contributed by atoms with E-state index in [2.05, 4.69) is 10.1 Å². The first-order valence-electron chi connectivity index (χ1n) is 9.67. The lowest BCUT2D eigenvalue weighted by molar-refractivity contribution is -0.131. The average molecular weight is 433 g/mol. The number of carbonyl (C=O) groups excluding carboxylic acids is 1. The fourth-order valence-electron chi connectivity index (χ4n) is 3.01. The molecular formula is C22H26ClFN4O2. The first kappa shape index (κ1) is 23.5. The van der Waals surface area contributed by atoms with Crippen molar-refractivity contribution in [3.8, 4) is 11.4 Å². The van der Waals surface area contributed by atoms with Crippen LogP contribution >= 0.6 is 12.4 Å². The van der Waals surface area contributed by atoms with Gasteiger partial charge in [-0.05, 0) is 49.2 Å². The van der Waals surface area contributed by atoms with Crippen LogP contribution in [0.15, 0.2) is 53.1 Å². The molecule has 0 unspecified atom stereocenters. The maximum Gasteiger partial charge on any atom is 0.227 e. The number of hydrogen-bond acceptors (Lipinski definition) is 5. The van der Waals surface area contributed by atoms with Gasteiger partial charge in [0.1, 0.15) is 5.82 Å². The van der Waals surface area contributed by atoms with Crippen molar-refractivity contribution < 1.29 is 13.7 Å². The van der Waals surface area contributed by atoms with Gasteiger partial charge in [-0.2, -0.15) is 4.98 Å².